The molecule has 3 rings (SSSR count). The van der Waals surface area contributed by atoms with Crippen molar-refractivity contribution in [3.63, 3.8) is 0 Å². The van der Waals surface area contributed by atoms with Crippen molar-refractivity contribution >= 4 is 29.6 Å². The number of hydrazine groups is 1. The highest BCUT2D eigenvalue weighted by molar-refractivity contribution is 5.96. The molecule has 2 N–H and O–H groups in total. The van der Waals surface area contributed by atoms with Gasteiger partial charge in [0.25, 0.3) is 5.91 Å². The highest BCUT2D eigenvalue weighted by Gasteiger charge is 2.39. The van der Waals surface area contributed by atoms with Gasteiger partial charge in [-0.05, 0) is 50.6 Å². The van der Waals surface area contributed by atoms with Crippen LogP contribution in [0.5, 0.6) is 0 Å². The lowest BCUT2D eigenvalue weighted by Crippen LogP contribution is -2.54. The van der Waals surface area contributed by atoms with Crippen molar-refractivity contribution in [1.29, 1.82) is 0 Å². The van der Waals surface area contributed by atoms with Crippen LogP contribution < -0.4 is 15.8 Å². The number of hydrogen-bond acceptors (Lipinski definition) is 5. The molecule has 1 aliphatic rings. The van der Waals surface area contributed by atoms with Crippen LogP contribution in [0.4, 0.5) is 28.4 Å². The predicted octanol–water partition coefficient (Wildman–Crippen LogP) is 3.69. The van der Waals surface area contributed by atoms with E-state index in [2.05, 4.69) is 0 Å². The maximum Gasteiger partial charge on any atom is 0.472 e. The van der Waals surface area contributed by atoms with Gasteiger partial charge in [0, 0.05) is 37.4 Å². The number of para-hydroxylation sites is 1. The minimum absolute atomic E-state index is 0.0112. The van der Waals surface area contributed by atoms with Crippen molar-refractivity contribution in [1.82, 2.24) is 20.7 Å². The van der Waals surface area contributed by atoms with Crippen LogP contribution in [-0.4, -0.2) is 71.7 Å². The summed E-state index contributed by atoms with van der Waals surface area (Å²) in [6.45, 7) is 6.75. The Morgan fingerprint density at radius 3 is 1.95 bits per heavy atom. The predicted molar refractivity (Wildman–Crippen MR) is 136 cm³/mol. The molecule has 1 aliphatic heterocycles. The van der Waals surface area contributed by atoms with Crippen LogP contribution in [0.1, 0.15) is 36.7 Å². The van der Waals surface area contributed by atoms with Gasteiger partial charge in [-0.2, -0.15) is 13.2 Å². The SMILES string of the molecule is CC(C)(C)OC(=O)N1CCN(C(=O)N(Cc2ccc(C(=O)NNC(=O)C(F)(F)F)cc2)c2ccccc2)CC1. The van der Waals surface area contributed by atoms with Crippen molar-refractivity contribution in [2.75, 3.05) is 31.1 Å². The van der Waals surface area contributed by atoms with Gasteiger partial charge >= 0.3 is 24.2 Å². The summed E-state index contributed by atoms with van der Waals surface area (Å²) in [5.74, 6) is -3.23. The standard InChI is InChI=1S/C26H30F3N5O5/c1-25(2,3)39-24(38)33-15-13-32(14-16-33)23(37)34(20-7-5-4-6-8-20)17-18-9-11-19(12-10-18)21(35)30-31-22(36)26(27,28)29/h4-12H,13-17H2,1-3H3,(H,30,35)(H,31,36). The zero-order chi connectivity index (χ0) is 28.8. The number of halogens is 3. The monoisotopic (exact) mass is 549 g/mol. The Kier molecular flexibility index (Phi) is 9.04. The summed E-state index contributed by atoms with van der Waals surface area (Å²) >= 11 is 0. The lowest BCUT2D eigenvalue weighted by atomic mass is 10.1. The van der Waals surface area contributed by atoms with Gasteiger partial charge in [0.05, 0.1) is 6.54 Å². The average molecular weight is 550 g/mol. The van der Waals surface area contributed by atoms with E-state index < -0.39 is 29.7 Å². The molecular weight excluding hydrogens is 519 g/mol. The van der Waals surface area contributed by atoms with Crippen molar-refractivity contribution in [2.45, 2.75) is 39.1 Å². The van der Waals surface area contributed by atoms with E-state index in [-0.39, 0.29) is 18.1 Å². The normalized spacial score (nSPS) is 13.9. The Balaban J connectivity index is 1.67. The van der Waals surface area contributed by atoms with Gasteiger partial charge in [-0.1, -0.05) is 30.3 Å². The quantitative estimate of drug-likeness (QED) is 0.566. The summed E-state index contributed by atoms with van der Waals surface area (Å²) in [5, 5.41) is 0. The molecule has 0 atom stereocenters. The summed E-state index contributed by atoms with van der Waals surface area (Å²) in [4.78, 5) is 53.6. The fourth-order valence-corrected chi connectivity index (χ4v) is 3.66. The summed E-state index contributed by atoms with van der Waals surface area (Å²) in [6, 6.07) is 14.5. The molecule has 10 nitrogen and oxygen atoms in total. The zero-order valence-corrected chi connectivity index (χ0v) is 21.7. The van der Waals surface area contributed by atoms with Gasteiger partial charge in [0.15, 0.2) is 0 Å². The zero-order valence-electron chi connectivity index (χ0n) is 21.7. The van der Waals surface area contributed by atoms with E-state index in [4.69, 9.17) is 4.74 Å². The molecule has 0 aliphatic carbocycles. The van der Waals surface area contributed by atoms with Crippen LogP contribution in [0, 0.1) is 0 Å². The molecule has 5 amide bonds. The summed E-state index contributed by atoms with van der Waals surface area (Å²) < 4.78 is 42.3. The molecule has 2 aromatic carbocycles. The number of urea groups is 1. The van der Waals surface area contributed by atoms with E-state index in [0.717, 1.165) is 0 Å². The fraction of sp³-hybridized carbons (Fsp3) is 0.385. The Morgan fingerprint density at radius 2 is 1.41 bits per heavy atom. The highest BCUT2D eigenvalue weighted by atomic mass is 19.4. The van der Waals surface area contributed by atoms with E-state index in [1.165, 1.54) is 17.6 Å². The van der Waals surface area contributed by atoms with Gasteiger partial charge in [-0.3, -0.25) is 25.3 Å². The minimum atomic E-state index is -5.13. The molecule has 1 heterocycles. The van der Waals surface area contributed by atoms with Crippen molar-refractivity contribution in [3.8, 4) is 0 Å². The van der Waals surface area contributed by atoms with Crippen LogP contribution >= 0.6 is 0 Å². The number of rotatable bonds is 4. The van der Waals surface area contributed by atoms with E-state index in [1.807, 2.05) is 6.07 Å². The third kappa shape index (κ3) is 8.35. The average Bonchev–Trinajstić information content (AvgIpc) is 2.89. The lowest BCUT2D eigenvalue weighted by Gasteiger charge is -2.38. The molecule has 39 heavy (non-hydrogen) atoms. The Labute approximate surface area is 223 Å². The van der Waals surface area contributed by atoms with Gasteiger partial charge in [-0.25, -0.2) is 9.59 Å². The molecule has 0 bridgehead atoms. The molecule has 1 fully saturated rings. The summed E-state index contributed by atoms with van der Waals surface area (Å²) in [5.41, 5.74) is 3.69. The third-order valence-corrected chi connectivity index (χ3v) is 5.60. The second kappa shape index (κ2) is 12.0. The number of alkyl halides is 3. The number of carbonyl (C=O) groups is 4. The maximum atomic E-state index is 13.5. The fourth-order valence-electron chi connectivity index (χ4n) is 3.66. The topological polar surface area (TPSA) is 111 Å². The molecule has 210 valence electrons. The first-order chi connectivity index (χ1) is 18.2. The third-order valence-electron chi connectivity index (χ3n) is 5.60. The van der Waals surface area contributed by atoms with Crippen LogP contribution in [-0.2, 0) is 16.1 Å². The van der Waals surface area contributed by atoms with Crippen LogP contribution in [0.25, 0.3) is 0 Å². The molecule has 0 saturated carbocycles. The van der Waals surface area contributed by atoms with Crippen LogP contribution in [0.2, 0.25) is 0 Å². The summed E-state index contributed by atoms with van der Waals surface area (Å²) in [7, 11) is 0. The van der Waals surface area contributed by atoms with Crippen molar-refractivity contribution in [2.24, 2.45) is 0 Å². The first-order valence-electron chi connectivity index (χ1n) is 12.1. The number of anilines is 1. The maximum absolute atomic E-state index is 13.5. The Morgan fingerprint density at radius 1 is 0.846 bits per heavy atom. The number of piperazine rings is 1. The largest absolute Gasteiger partial charge is 0.472 e. The molecule has 0 aromatic heterocycles. The molecule has 2 aromatic rings. The molecular formula is C26H30F3N5O5. The van der Waals surface area contributed by atoms with Gasteiger partial charge in [-0.15, -0.1) is 0 Å². The number of amides is 5. The molecule has 13 heteroatoms. The second-order valence-corrected chi connectivity index (χ2v) is 9.76. The highest BCUT2D eigenvalue weighted by Crippen LogP contribution is 2.21. The minimum Gasteiger partial charge on any atom is -0.444 e. The first-order valence-corrected chi connectivity index (χ1v) is 12.1. The van der Waals surface area contributed by atoms with Gasteiger partial charge < -0.3 is 14.5 Å². The van der Waals surface area contributed by atoms with E-state index in [1.54, 1.807) is 77.3 Å². The van der Waals surface area contributed by atoms with Gasteiger partial charge in [0.1, 0.15) is 5.60 Å². The smallest absolute Gasteiger partial charge is 0.444 e. The molecule has 0 unspecified atom stereocenters. The number of nitrogens with one attached hydrogen (secondary N) is 2. The molecule has 0 spiro atoms. The lowest BCUT2D eigenvalue weighted by molar-refractivity contribution is -0.174. The van der Waals surface area contributed by atoms with E-state index in [9.17, 15) is 32.3 Å². The molecule has 0 radical (unpaired) electrons. The number of carbonyl (C=O) groups excluding carboxylic acids is 4. The van der Waals surface area contributed by atoms with Crippen molar-refractivity contribution in [3.05, 3.63) is 65.7 Å². The van der Waals surface area contributed by atoms with E-state index in [0.29, 0.717) is 37.4 Å². The van der Waals surface area contributed by atoms with Crippen LogP contribution in [0.3, 0.4) is 0 Å². The number of hydrogen-bond donors (Lipinski definition) is 2. The number of nitrogens with zero attached hydrogens (tertiary/aromatic N) is 3. The van der Waals surface area contributed by atoms with Gasteiger partial charge in [0.2, 0.25) is 0 Å². The second-order valence-electron chi connectivity index (χ2n) is 9.76. The Bertz CT molecular complexity index is 1180. The number of ether oxygens (including phenoxy) is 1. The number of benzene rings is 2. The van der Waals surface area contributed by atoms with Crippen LogP contribution in [0.15, 0.2) is 54.6 Å². The van der Waals surface area contributed by atoms with E-state index >= 15 is 0 Å². The molecule has 1 saturated heterocycles. The Hall–Kier alpha value is -4.29. The van der Waals surface area contributed by atoms with Crippen molar-refractivity contribution < 1.29 is 37.1 Å². The summed E-state index contributed by atoms with van der Waals surface area (Å²) in [6.07, 6.45) is -5.57. The first kappa shape index (κ1) is 29.3.